The minimum atomic E-state index is -0.121. The number of aromatic amines is 1. The zero-order chi connectivity index (χ0) is 11.4. The lowest BCUT2D eigenvalue weighted by Crippen LogP contribution is -2.30. The lowest BCUT2D eigenvalue weighted by molar-refractivity contribution is 0.524. The average molecular weight is 219 g/mol. The summed E-state index contributed by atoms with van der Waals surface area (Å²) in [6.07, 6.45) is 3.78. The summed E-state index contributed by atoms with van der Waals surface area (Å²) in [7, 11) is 0. The highest BCUT2D eigenvalue weighted by Gasteiger charge is 2.13. The lowest BCUT2D eigenvalue weighted by Gasteiger charge is -2.12. The third kappa shape index (κ3) is 2.33. The number of hydrazine groups is 1. The van der Waals surface area contributed by atoms with Crippen molar-refractivity contribution in [1.29, 1.82) is 0 Å². The Balaban J connectivity index is 2.13. The molecule has 0 bridgehead atoms. The number of hydrogen-bond acceptors (Lipinski definition) is 6. The van der Waals surface area contributed by atoms with E-state index in [4.69, 9.17) is 11.6 Å². The normalized spacial score (nSPS) is 12.6. The molecule has 2 aromatic heterocycles. The van der Waals surface area contributed by atoms with Gasteiger partial charge in [-0.2, -0.15) is 5.10 Å². The molecule has 2 aromatic rings. The Labute approximate surface area is 92.3 Å². The van der Waals surface area contributed by atoms with Gasteiger partial charge in [-0.3, -0.25) is 10.9 Å². The van der Waals surface area contributed by atoms with E-state index >= 15 is 0 Å². The summed E-state index contributed by atoms with van der Waals surface area (Å²) in [5.74, 6) is 6.65. The van der Waals surface area contributed by atoms with Gasteiger partial charge < -0.3 is 5.73 Å². The van der Waals surface area contributed by atoms with E-state index < -0.39 is 0 Å². The topological polar surface area (TPSA) is 119 Å². The second-order valence-electron chi connectivity index (χ2n) is 3.38. The van der Waals surface area contributed by atoms with Gasteiger partial charge in [-0.25, -0.2) is 15.4 Å². The summed E-state index contributed by atoms with van der Waals surface area (Å²) in [4.78, 5) is 7.98. The number of nitrogen functional groups attached to an aromatic ring is 1. The Kier molecular flexibility index (Phi) is 3.08. The molecule has 0 aromatic carbocycles. The Hall–Kier alpha value is -1.99. The zero-order valence-electron chi connectivity index (χ0n) is 8.59. The smallest absolute Gasteiger partial charge is 0.143 e. The number of anilines is 1. The van der Waals surface area contributed by atoms with Gasteiger partial charge in [0.15, 0.2) is 0 Å². The molecule has 16 heavy (non-hydrogen) atoms. The first-order valence-corrected chi connectivity index (χ1v) is 4.81. The highest BCUT2D eigenvalue weighted by atomic mass is 15.3. The van der Waals surface area contributed by atoms with Crippen LogP contribution in [-0.2, 0) is 6.42 Å². The Morgan fingerprint density at radius 2 is 2.31 bits per heavy atom. The molecule has 0 amide bonds. The monoisotopic (exact) mass is 219 g/mol. The maximum Gasteiger partial charge on any atom is 0.143 e. The number of nitrogens with one attached hydrogen (secondary N) is 2. The fourth-order valence-corrected chi connectivity index (χ4v) is 1.47. The van der Waals surface area contributed by atoms with Gasteiger partial charge in [-0.05, 0) is 24.1 Å². The second kappa shape index (κ2) is 4.69. The van der Waals surface area contributed by atoms with Gasteiger partial charge in [-0.15, -0.1) is 0 Å². The van der Waals surface area contributed by atoms with Gasteiger partial charge in [0, 0.05) is 6.20 Å². The molecule has 2 heterocycles. The van der Waals surface area contributed by atoms with Crippen molar-refractivity contribution in [2.24, 2.45) is 5.84 Å². The van der Waals surface area contributed by atoms with E-state index in [2.05, 4.69) is 25.6 Å². The molecule has 1 atom stereocenters. The molecule has 0 saturated carbocycles. The number of aromatic nitrogens is 4. The first kappa shape index (κ1) is 10.5. The first-order valence-electron chi connectivity index (χ1n) is 4.81. The summed E-state index contributed by atoms with van der Waals surface area (Å²) in [5.41, 5.74) is 9.31. The highest BCUT2D eigenvalue weighted by molar-refractivity contribution is 5.32. The van der Waals surface area contributed by atoms with E-state index in [0.29, 0.717) is 18.1 Å². The Morgan fingerprint density at radius 3 is 2.94 bits per heavy atom. The number of rotatable bonds is 4. The molecule has 7 nitrogen and oxygen atoms in total. The quantitative estimate of drug-likeness (QED) is 0.407. The minimum Gasteiger partial charge on any atom is -0.384 e. The van der Waals surface area contributed by atoms with E-state index in [1.54, 1.807) is 12.3 Å². The third-order valence-corrected chi connectivity index (χ3v) is 2.25. The molecule has 1 unspecified atom stereocenters. The van der Waals surface area contributed by atoms with E-state index in [9.17, 15) is 0 Å². The molecule has 0 aliphatic rings. The largest absolute Gasteiger partial charge is 0.384 e. The SMILES string of the molecule is NNC(Cc1ccnc(N)c1)c1ncn[nH]1. The average Bonchev–Trinajstić information content (AvgIpc) is 2.79. The zero-order valence-corrected chi connectivity index (χ0v) is 8.59. The van der Waals surface area contributed by atoms with Crippen molar-refractivity contribution in [1.82, 2.24) is 25.6 Å². The summed E-state index contributed by atoms with van der Waals surface area (Å²) in [6.45, 7) is 0. The molecule has 6 N–H and O–H groups in total. The van der Waals surface area contributed by atoms with Gasteiger partial charge in [0.05, 0.1) is 6.04 Å². The molecule has 2 rings (SSSR count). The lowest BCUT2D eigenvalue weighted by atomic mass is 10.1. The van der Waals surface area contributed by atoms with Crippen LogP contribution in [0.25, 0.3) is 0 Å². The molecule has 0 aliphatic heterocycles. The van der Waals surface area contributed by atoms with E-state index in [0.717, 1.165) is 5.56 Å². The molecule has 0 saturated heterocycles. The van der Waals surface area contributed by atoms with Crippen LogP contribution in [0.1, 0.15) is 17.4 Å². The molecule has 0 radical (unpaired) electrons. The molecule has 0 fully saturated rings. The molecule has 84 valence electrons. The number of pyridine rings is 1. The standard InChI is InChI=1S/C9H13N7/c10-8-4-6(1-2-12-8)3-7(15-11)9-13-5-14-16-9/h1-2,4-5,7,15H,3,11H2,(H2,10,12)(H,13,14,16). The van der Waals surface area contributed by atoms with Crippen LogP contribution in [0.4, 0.5) is 5.82 Å². The fraction of sp³-hybridized carbons (Fsp3) is 0.222. The number of nitrogens with two attached hydrogens (primary N) is 2. The van der Waals surface area contributed by atoms with Gasteiger partial charge in [0.2, 0.25) is 0 Å². The maximum atomic E-state index is 5.60. The Bertz CT molecular complexity index is 439. The van der Waals surface area contributed by atoms with E-state index in [-0.39, 0.29) is 6.04 Å². The van der Waals surface area contributed by atoms with Crippen molar-refractivity contribution >= 4 is 5.82 Å². The highest BCUT2D eigenvalue weighted by Crippen LogP contribution is 2.14. The summed E-state index contributed by atoms with van der Waals surface area (Å²) in [6, 6.07) is 3.57. The molecular formula is C9H13N7. The van der Waals surface area contributed by atoms with Gasteiger partial charge in [0.1, 0.15) is 18.0 Å². The number of nitrogens with zero attached hydrogens (tertiary/aromatic N) is 3. The van der Waals surface area contributed by atoms with Crippen LogP contribution in [0.5, 0.6) is 0 Å². The van der Waals surface area contributed by atoms with Crippen molar-refractivity contribution in [3.8, 4) is 0 Å². The predicted molar refractivity (Wildman–Crippen MR) is 58.8 cm³/mol. The number of H-pyrrole nitrogens is 1. The van der Waals surface area contributed by atoms with Gasteiger partial charge in [-0.1, -0.05) is 0 Å². The first-order chi connectivity index (χ1) is 7.79. The summed E-state index contributed by atoms with van der Waals surface area (Å²) in [5, 5.41) is 6.55. The maximum absolute atomic E-state index is 5.60. The number of hydrogen-bond donors (Lipinski definition) is 4. The van der Waals surface area contributed by atoms with Crippen molar-refractivity contribution in [2.75, 3.05) is 5.73 Å². The summed E-state index contributed by atoms with van der Waals surface area (Å²) >= 11 is 0. The van der Waals surface area contributed by atoms with Gasteiger partial charge >= 0.3 is 0 Å². The second-order valence-corrected chi connectivity index (χ2v) is 3.38. The van der Waals surface area contributed by atoms with Crippen LogP contribution in [0, 0.1) is 0 Å². The predicted octanol–water partition coefficient (Wildman–Crippen LogP) is -0.471. The Morgan fingerprint density at radius 1 is 1.44 bits per heavy atom. The molecule has 0 spiro atoms. The van der Waals surface area contributed by atoms with Crippen LogP contribution in [-0.4, -0.2) is 20.2 Å². The van der Waals surface area contributed by atoms with Crippen molar-refractivity contribution in [3.05, 3.63) is 36.0 Å². The van der Waals surface area contributed by atoms with Crippen molar-refractivity contribution in [3.63, 3.8) is 0 Å². The van der Waals surface area contributed by atoms with Crippen LogP contribution >= 0.6 is 0 Å². The van der Waals surface area contributed by atoms with Crippen molar-refractivity contribution < 1.29 is 0 Å². The van der Waals surface area contributed by atoms with Crippen molar-refractivity contribution in [2.45, 2.75) is 12.5 Å². The van der Waals surface area contributed by atoms with Crippen LogP contribution in [0.15, 0.2) is 24.7 Å². The van der Waals surface area contributed by atoms with Crippen LogP contribution < -0.4 is 17.0 Å². The fourth-order valence-electron chi connectivity index (χ4n) is 1.47. The molecular weight excluding hydrogens is 206 g/mol. The van der Waals surface area contributed by atoms with Crippen LogP contribution in [0.2, 0.25) is 0 Å². The minimum absolute atomic E-state index is 0.121. The molecule has 7 heteroatoms. The molecule has 0 aliphatic carbocycles. The van der Waals surface area contributed by atoms with E-state index in [1.807, 2.05) is 6.07 Å². The van der Waals surface area contributed by atoms with Crippen LogP contribution in [0.3, 0.4) is 0 Å². The summed E-state index contributed by atoms with van der Waals surface area (Å²) < 4.78 is 0. The third-order valence-electron chi connectivity index (χ3n) is 2.25. The van der Waals surface area contributed by atoms with Gasteiger partial charge in [0.25, 0.3) is 0 Å². The van der Waals surface area contributed by atoms with E-state index in [1.165, 1.54) is 6.33 Å².